The molecule has 0 saturated carbocycles. The van der Waals surface area contributed by atoms with Crippen LogP contribution in [0.25, 0.3) is 0 Å². The molecule has 0 amide bonds. The fourth-order valence-corrected chi connectivity index (χ4v) is 6.30. The van der Waals surface area contributed by atoms with E-state index in [0.717, 1.165) is 18.6 Å². The summed E-state index contributed by atoms with van der Waals surface area (Å²) in [7, 11) is -0.757. The van der Waals surface area contributed by atoms with Gasteiger partial charge in [0.15, 0.2) is 0 Å². The van der Waals surface area contributed by atoms with E-state index >= 15 is 0 Å². The fourth-order valence-electron chi connectivity index (χ4n) is 2.01. The van der Waals surface area contributed by atoms with Gasteiger partial charge < -0.3 is 5.11 Å². The molecular weight excluding hydrogens is 216 g/mol. The van der Waals surface area contributed by atoms with E-state index in [0.29, 0.717) is 11.7 Å². The second kappa shape index (κ2) is 4.99. The van der Waals surface area contributed by atoms with Crippen LogP contribution in [-0.2, 0) is 10.8 Å². The molecule has 1 aliphatic rings. The highest BCUT2D eigenvalue weighted by Gasteiger charge is 2.42. The normalized spacial score (nSPS) is 35.1. The van der Waals surface area contributed by atoms with E-state index in [-0.39, 0.29) is 10.2 Å². The highest BCUT2D eigenvalue weighted by molar-refractivity contribution is 8.13. The molecular formula is C10H20O2S2. The first-order valence-corrected chi connectivity index (χ1v) is 7.40. The predicted octanol–water partition coefficient (Wildman–Crippen LogP) is 2.14. The molecule has 0 unspecified atom stereocenters. The number of aliphatic hydroxyl groups is 1. The Morgan fingerprint density at radius 3 is 2.50 bits per heavy atom. The lowest BCUT2D eigenvalue weighted by Gasteiger charge is -2.30. The Hall–Kier alpha value is 0.460. The Kier molecular flexibility index (Phi) is 4.47. The molecule has 3 atom stereocenters. The van der Waals surface area contributed by atoms with E-state index in [9.17, 15) is 9.32 Å². The van der Waals surface area contributed by atoms with Crippen LogP contribution in [0, 0.1) is 0 Å². The van der Waals surface area contributed by atoms with Crippen LogP contribution in [0.3, 0.4) is 0 Å². The zero-order valence-electron chi connectivity index (χ0n) is 9.16. The monoisotopic (exact) mass is 236 g/mol. The summed E-state index contributed by atoms with van der Waals surface area (Å²) in [6.45, 7) is 6.05. The van der Waals surface area contributed by atoms with E-state index in [4.69, 9.17) is 0 Å². The molecule has 14 heavy (non-hydrogen) atoms. The molecule has 0 bridgehead atoms. The minimum Gasteiger partial charge on any atom is -0.393 e. The molecule has 4 heteroatoms. The summed E-state index contributed by atoms with van der Waals surface area (Å²) < 4.78 is 11.8. The van der Waals surface area contributed by atoms with Gasteiger partial charge in [0.25, 0.3) is 0 Å². The molecule has 0 radical (unpaired) electrons. The first-order valence-electron chi connectivity index (χ1n) is 5.20. The second-order valence-corrected chi connectivity index (χ2v) is 8.38. The van der Waals surface area contributed by atoms with Gasteiger partial charge in [-0.15, -0.1) is 11.8 Å². The first kappa shape index (κ1) is 12.5. The second-order valence-electron chi connectivity index (χ2n) is 4.28. The number of hydrogen-bond donors (Lipinski definition) is 1. The van der Waals surface area contributed by atoms with E-state index in [1.165, 1.54) is 0 Å². The minimum absolute atomic E-state index is 0.164. The lowest BCUT2D eigenvalue weighted by Crippen LogP contribution is -2.32. The summed E-state index contributed by atoms with van der Waals surface area (Å²) in [6, 6.07) is 0. The molecule has 1 saturated heterocycles. The van der Waals surface area contributed by atoms with Gasteiger partial charge in [0.1, 0.15) is 0 Å². The highest BCUT2D eigenvalue weighted by atomic mass is 32.2. The van der Waals surface area contributed by atoms with Gasteiger partial charge in [-0.05, 0) is 26.2 Å². The van der Waals surface area contributed by atoms with E-state index < -0.39 is 10.8 Å². The van der Waals surface area contributed by atoms with Crippen molar-refractivity contribution in [2.75, 3.05) is 5.75 Å². The number of hydrogen-bond acceptors (Lipinski definition) is 3. The topological polar surface area (TPSA) is 37.3 Å². The summed E-state index contributed by atoms with van der Waals surface area (Å²) >= 11 is 1.79. The molecule has 1 aliphatic heterocycles. The van der Waals surface area contributed by atoms with Crippen LogP contribution in [0.2, 0.25) is 0 Å². The molecule has 0 aromatic heterocycles. The van der Waals surface area contributed by atoms with Crippen molar-refractivity contribution in [2.24, 2.45) is 0 Å². The maximum absolute atomic E-state index is 11.9. The minimum atomic E-state index is -0.757. The van der Waals surface area contributed by atoms with Crippen molar-refractivity contribution < 1.29 is 9.32 Å². The average molecular weight is 236 g/mol. The van der Waals surface area contributed by atoms with Gasteiger partial charge in [-0.1, -0.05) is 13.8 Å². The number of aliphatic hydroxyl groups excluding tert-OH is 1. The largest absolute Gasteiger partial charge is 0.393 e. The van der Waals surface area contributed by atoms with Gasteiger partial charge in [0.05, 0.1) is 10.2 Å². The molecule has 1 N–H and O–H groups in total. The zero-order valence-corrected chi connectivity index (χ0v) is 10.8. The molecule has 0 aromatic carbocycles. The van der Waals surface area contributed by atoms with Crippen LogP contribution in [0.1, 0.15) is 40.0 Å². The highest BCUT2D eigenvalue weighted by Crippen LogP contribution is 2.45. The van der Waals surface area contributed by atoms with Crippen molar-refractivity contribution in [2.45, 2.75) is 55.5 Å². The fraction of sp³-hybridized carbons (Fsp3) is 1.00. The van der Waals surface area contributed by atoms with Crippen LogP contribution in [-0.4, -0.2) is 30.5 Å². The number of rotatable bonds is 4. The van der Waals surface area contributed by atoms with E-state index in [2.05, 4.69) is 13.8 Å². The van der Waals surface area contributed by atoms with E-state index in [1.807, 2.05) is 0 Å². The Labute approximate surface area is 93.3 Å². The van der Waals surface area contributed by atoms with Crippen LogP contribution in [0.4, 0.5) is 0 Å². The van der Waals surface area contributed by atoms with Gasteiger partial charge in [0, 0.05) is 21.8 Å². The molecule has 1 heterocycles. The molecule has 1 fully saturated rings. The van der Waals surface area contributed by atoms with Crippen molar-refractivity contribution >= 4 is 22.6 Å². The molecule has 0 aromatic rings. The molecule has 84 valence electrons. The summed E-state index contributed by atoms with van der Waals surface area (Å²) in [4.78, 5) is 0. The van der Waals surface area contributed by atoms with Crippen molar-refractivity contribution in [1.82, 2.24) is 0 Å². The molecule has 0 aliphatic carbocycles. The van der Waals surface area contributed by atoms with Gasteiger partial charge in [0.2, 0.25) is 0 Å². The molecule has 2 nitrogen and oxygen atoms in total. The van der Waals surface area contributed by atoms with Gasteiger partial charge in [-0.25, -0.2) is 0 Å². The Balaban J connectivity index is 2.73. The van der Waals surface area contributed by atoms with Crippen LogP contribution < -0.4 is 0 Å². The lowest BCUT2D eigenvalue weighted by molar-refractivity contribution is 0.179. The third-order valence-electron chi connectivity index (χ3n) is 2.36. The summed E-state index contributed by atoms with van der Waals surface area (Å²) in [5, 5.41) is 9.94. The Bertz CT molecular complexity index is 204. The van der Waals surface area contributed by atoms with Gasteiger partial charge >= 0.3 is 0 Å². The molecule has 1 rings (SSSR count). The van der Waals surface area contributed by atoms with Crippen LogP contribution in [0.5, 0.6) is 0 Å². The SMILES string of the molecule is CC(C)S[C@@]1(C[C@@H](C)O)CCC[S@]1=O. The maximum Gasteiger partial charge on any atom is 0.0935 e. The standard InChI is InChI=1S/C10H20O2S2/c1-8(2)13-10(7-9(3)11)5-4-6-14(10)12/h8-9,11H,4-7H2,1-3H3/t9-,10+,14-/m1/s1. The first-order chi connectivity index (χ1) is 6.46. The number of thioether (sulfide) groups is 1. The van der Waals surface area contributed by atoms with Gasteiger partial charge in [-0.3, -0.25) is 4.21 Å². The maximum atomic E-state index is 11.9. The average Bonchev–Trinajstić information content (AvgIpc) is 2.29. The Morgan fingerprint density at radius 2 is 2.14 bits per heavy atom. The van der Waals surface area contributed by atoms with Gasteiger partial charge in [-0.2, -0.15) is 0 Å². The van der Waals surface area contributed by atoms with Crippen LogP contribution in [0.15, 0.2) is 0 Å². The quantitative estimate of drug-likeness (QED) is 0.812. The van der Waals surface area contributed by atoms with E-state index in [1.54, 1.807) is 18.7 Å². The van der Waals surface area contributed by atoms with Crippen molar-refractivity contribution in [1.29, 1.82) is 0 Å². The third kappa shape index (κ3) is 2.97. The summed E-state index contributed by atoms with van der Waals surface area (Å²) in [5.41, 5.74) is 0. The smallest absolute Gasteiger partial charge is 0.0935 e. The Morgan fingerprint density at radius 1 is 1.50 bits per heavy atom. The summed E-state index contributed by atoms with van der Waals surface area (Å²) in [6.07, 6.45) is 2.36. The van der Waals surface area contributed by atoms with Crippen molar-refractivity contribution in [3.05, 3.63) is 0 Å². The van der Waals surface area contributed by atoms with Crippen molar-refractivity contribution in [3.63, 3.8) is 0 Å². The van der Waals surface area contributed by atoms with Crippen molar-refractivity contribution in [3.8, 4) is 0 Å². The summed E-state index contributed by atoms with van der Waals surface area (Å²) in [5.74, 6) is 0.812. The predicted molar refractivity (Wildman–Crippen MR) is 64.0 cm³/mol. The third-order valence-corrected chi connectivity index (χ3v) is 6.34. The zero-order chi connectivity index (χ0) is 10.8. The lowest BCUT2D eigenvalue weighted by atomic mass is 10.1. The van der Waals surface area contributed by atoms with Crippen LogP contribution >= 0.6 is 11.8 Å². The molecule has 0 spiro atoms.